The van der Waals surface area contributed by atoms with Gasteiger partial charge in [0.25, 0.3) is 17.5 Å². The lowest BCUT2D eigenvalue weighted by Gasteiger charge is -2.07. The van der Waals surface area contributed by atoms with E-state index in [-0.39, 0.29) is 36.1 Å². The van der Waals surface area contributed by atoms with E-state index in [2.05, 4.69) is 5.32 Å². The highest BCUT2D eigenvalue weighted by Crippen LogP contribution is 2.24. The summed E-state index contributed by atoms with van der Waals surface area (Å²) in [7, 11) is 0. The average molecular weight is 351 g/mol. The Bertz CT molecular complexity index is 795. The molecule has 1 heterocycles. The van der Waals surface area contributed by atoms with Gasteiger partial charge in [-0.3, -0.25) is 19.7 Å². The highest BCUT2D eigenvalue weighted by atomic mass is 35.5. The minimum absolute atomic E-state index is 0. The fourth-order valence-corrected chi connectivity index (χ4v) is 2.08. The first kappa shape index (κ1) is 19.0. The van der Waals surface area contributed by atoms with Crippen LogP contribution in [0.4, 0.5) is 11.4 Å². The van der Waals surface area contributed by atoms with E-state index in [0.29, 0.717) is 11.3 Å². The Labute approximate surface area is 143 Å². The van der Waals surface area contributed by atoms with Crippen molar-refractivity contribution in [3.63, 3.8) is 0 Å². The number of nitro benzene ring substituents is 1. The molecule has 3 N–H and O–H groups in total. The van der Waals surface area contributed by atoms with Crippen molar-refractivity contribution in [1.82, 2.24) is 0 Å². The number of hydrogen-bond acceptors (Lipinski definition) is 4. The molecule has 0 atom stereocenters. The summed E-state index contributed by atoms with van der Waals surface area (Å²) >= 11 is 0. The molecular weight excluding hydrogens is 336 g/mol. The molecule has 2 rings (SSSR count). The van der Waals surface area contributed by atoms with Gasteiger partial charge in [0.05, 0.1) is 16.2 Å². The van der Waals surface area contributed by atoms with Gasteiger partial charge in [0.15, 0.2) is 12.4 Å². The van der Waals surface area contributed by atoms with E-state index in [9.17, 15) is 19.7 Å². The third-order valence-corrected chi connectivity index (χ3v) is 3.24. The molecule has 0 aliphatic rings. The largest absolute Gasteiger partial charge is 1.00 e. The summed E-state index contributed by atoms with van der Waals surface area (Å²) in [5.74, 6) is -0.963. The van der Waals surface area contributed by atoms with Crippen molar-refractivity contribution in [2.75, 3.05) is 5.32 Å². The Morgan fingerprint density at radius 3 is 2.62 bits per heavy atom. The monoisotopic (exact) mass is 350 g/mol. The van der Waals surface area contributed by atoms with Gasteiger partial charge < -0.3 is 23.5 Å². The van der Waals surface area contributed by atoms with Crippen molar-refractivity contribution >= 4 is 23.2 Å². The molecule has 24 heavy (non-hydrogen) atoms. The number of nitrogens with two attached hydrogens (primary N) is 1. The van der Waals surface area contributed by atoms with Crippen LogP contribution in [0.15, 0.2) is 42.7 Å². The number of carbonyl (C=O) groups excluding carboxylic acids is 2. The zero-order valence-corrected chi connectivity index (χ0v) is 13.5. The lowest BCUT2D eigenvalue weighted by Crippen LogP contribution is -3.00. The Kier molecular flexibility index (Phi) is 6.37. The second-order valence-electron chi connectivity index (χ2n) is 4.88. The van der Waals surface area contributed by atoms with Crippen LogP contribution in [0.25, 0.3) is 0 Å². The number of primary amides is 1. The van der Waals surface area contributed by atoms with Crippen molar-refractivity contribution in [1.29, 1.82) is 0 Å². The van der Waals surface area contributed by atoms with E-state index in [4.69, 9.17) is 5.73 Å². The molecule has 126 valence electrons. The first-order valence-corrected chi connectivity index (χ1v) is 6.71. The Balaban J connectivity index is 0.00000288. The van der Waals surface area contributed by atoms with Gasteiger partial charge in [-0.2, -0.15) is 4.57 Å². The van der Waals surface area contributed by atoms with Gasteiger partial charge in [-0.25, -0.2) is 0 Å². The summed E-state index contributed by atoms with van der Waals surface area (Å²) in [5, 5.41) is 13.5. The maximum absolute atomic E-state index is 12.1. The maximum atomic E-state index is 12.1. The van der Waals surface area contributed by atoms with Crippen LogP contribution in [0.3, 0.4) is 0 Å². The van der Waals surface area contributed by atoms with Gasteiger partial charge in [0.1, 0.15) is 5.56 Å². The number of nitrogens with zero attached hydrogens (tertiary/aromatic N) is 2. The summed E-state index contributed by atoms with van der Waals surface area (Å²) in [6.45, 7) is 1.51. The van der Waals surface area contributed by atoms with Crippen LogP contribution in [0, 0.1) is 17.0 Å². The number of pyridine rings is 1. The summed E-state index contributed by atoms with van der Waals surface area (Å²) < 4.78 is 1.50. The summed E-state index contributed by atoms with van der Waals surface area (Å²) in [6.07, 6.45) is 3.08. The molecule has 2 amide bonds. The van der Waals surface area contributed by atoms with Gasteiger partial charge >= 0.3 is 0 Å². The van der Waals surface area contributed by atoms with Crippen LogP contribution in [0.5, 0.6) is 0 Å². The highest BCUT2D eigenvalue weighted by molar-refractivity contribution is 5.92. The number of carbonyl (C=O) groups is 2. The van der Waals surface area contributed by atoms with Crippen LogP contribution in [-0.4, -0.2) is 16.7 Å². The number of rotatable bonds is 5. The van der Waals surface area contributed by atoms with Crippen LogP contribution >= 0.6 is 0 Å². The third-order valence-electron chi connectivity index (χ3n) is 3.24. The number of amides is 2. The van der Waals surface area contributed by atoms with Gasteiger partial charge in [-0.05, 0) is 19.1 Å². The van der Waals surface area contributed by atoms with Crippen LogP contribution in [-0.2, 0) is 11.3 Å². The molecule has 1 aromatic heterocycles. The number of halogens is 1. The average Bonchev–Trinajstić information content (AvgIpc) is 2.49. The van der Waals surface area contributed by atoms with Gasteiger partial charge in [-0.15, -0.1) is 0 Å². The minimum atomic E-state index is -0.589. The summed E-state index contributed by atoms with van der Waals surface area (Å²) in [5.41, 5.74) is 6.15. The topological polar surface area (TPSA) is 119 Å². The van der Waals surface area contributed by atoms with Crippen molar-refractivity contribution in [3.8, 4) is 0 Å². The van der Waals surface area contributed by atoms with Crippen molar-refractivity contribution in [3.05, 3.63) is 64.0 Å². The number of anilines is 1. The molecule has 9 heteroatoms. The Morgan fingerprint density at radius 1 is 1.29 bits per heavy atom. The molecule has 0 aliphatic heterocycles. The van der Waals surface area contributed by atoms with E-state index >= 15 is 0 Å². The van der Waals surface area contributed by atoms with Crippen molar-refractivity contribution < 1.29 is 31.5 Å². The summed E-state index contributed by atoms with van der Waals surface area (Å²) in [6, 6.07) is 7.61. The predicted molar refractivity (Wildman–Crippen MR) is 81.6 cm³/mol. The number of hydrogen-bond donors (Lipinski definition) is 2. The van der Waals surface area contributed by atoms with E-state index in [0.717, 1.165) is 0 Å². The number of nitro groups is 1. The fourth-order valence-electron chi connectivity index (χ4n) is 2.08. The predicted octanol–water partition coefficient (Wildman–Crippen LogP) is -2.07. The summed E-state index contributed by atoms with van der Waals surface area (Å²) in [4.78, 5) is 33.6. The van der Waals surface area contributed by atoms with Crippen LogP contribution in [0.1, 0.15) is 15.9 Å². The first-order valence-electron chi connectivity index (χ1n) is 6.71. The van der Waals surface area contributed by atoms with Gasteiger partial charge in [-0.1, -0.05) is 6.07 Å². The fraction of sp³-hybridized carbons (Fsp3) is 0.133. The molecule has 2 aromatic rings. The lowest BCUT2D eigenvalue weighted by molar-refractivity contribution is -0.684. The maximum Gasteiger partial charge on any atom is 0.290 e. The molecular formula is C15H15ClN4O4. The second kappa shape index (κ2) is 8.02. The zero-order valence-electron chi connectivity index (χ0n) is 12.7. The SMILES string of the molecule is Cc1c(NC(=O)C[n+]2cccc(C(N)=O)c2)cccc1[N+](=O)[O-].[Cl-]. The van der Waals surface area contributed by atoms with Crippen molar-refractivity contribution in [2.45, 2.75) is 13.5 Å². The van der Waals surface area contributed by atoms with Gasteiger partial charge in [0.2, 0.25) is 6.54 Å². The van der Waals surface area contributed by atoms with E-state index in [1.165, 1.54) is 22.9 Å². The van der Waals surface area contributed by atoms with E-state index < -0.39 is 10.8 Å². The van der Waals surface area contributed by atoms with Crippen LogP contribution in [0.2, 0.25) is 0 Å². The second-order valence-corrected chi connectivity index (χ2v) is 4.88. The molecule has 0 radical (unpaired) electrons. The molecule has 1 aromatic carbocycles. The zero-order chi connectivity index (χ0) is 17.0. The standard InChI is InChI=1S/C15H14N4O4.ClH/c1-10-12(5-2-6-13(10)19(22)23)17-14(20)9-18-7-3-4-11(8-18)15(16)21;/h2-8H,9H2,1H3,(H2-,16,17,20,21);1H. The normalized spacial score (nSPS) is 9.71. The van der Waals surface area contributed by atoms with Gasteiger partial charge in [0, 0.05) is 12.1 Å². The molecule has 0 saturated carbocycles. The molecule has 0 bridgehead atoms. The minimum Gasteiger partial charge on any atom is -1.00 e. The Morgan fingerprint density at radius 2 is 2.00 bits per heavy atom. The number of aromatic nitrogens is 1. The number of nitrogens with one attached hydrogen (secondary N) is 1. The molecule has 8 nitrogen and oxygen atoms in total. The molecule has 0 unspecified atom stereocenters. The number of benzene rings is 1. The highest BCUT2D eigenvalue weighted by Gasteiger charge is 2.17. The smallest absolute Gasteiger partial charge is 0.290 e. The quantitative estimate of drug-likeness (QED) is 0.366. The first-order chi connectivity index (χ1) is 10.9. The van der Waals surface area contributed by atoms with Crippen molar-refractivity contribution in [2.24, 2.45) is 5.73 Å². The molecule has 0 aliphatic carbocycles. The molecule has 0 saturated heterocycles. The molecule has 0 spiro atoms. The lowest BCUT2D eigenvalue weighted by atomic mass is 10.1. The third kappa shape index (κ3) is 4.50. The molecule has 0 fully saturated rings. The van der Waals surface area contributed by atoms with E-state index in [1.54, 1.807) is 31.3 Å². The van der Waals surface area contributed by atoms with Crippen LogP contribution < -0.4 is 28.0 Å². The Hall–Kier alpha value is -3.00. The van der Waals surface area contributed by atoms with E-state index in [1.807, 2.05) is 0 Å².